The molecule has 0 spiro atoms. The van der Waals surface area contributed by atoms with Crippen LogP contribution in [0.2, 0.25) is 0 Å². The molecule has 0 aliphatic carbocycles. The van der Waals surface area contributed by atoms with Crippen molar-refractivity contribution < 1.29 is 17.9 Å². The zero-order valence-corrected chi connectivity index (χ0v) is 16.3. The van der Waals surface area contributed by atoms with E-state index in [0.29, 0.717) is 16.9 Å². The minimum Gasteiger partial charge on any atom is -0.496 e. The van der Waals surface area contributed by atoms with Crippen molar-refractivity contribution in [3.63, 3.8) is 0 Å². The van der Waals surface area contributed by atoms with E-state index in [9.17, 15) is 13.2 Å². The number of ether oxygens (including phenoxy) is 1. The van der Waals surface area contributed by atoms with Crippen molar-refractivity contribution in [1.82, 2.24) is 0 Å². The molecule has 0 heterocycles. The molecule has 0 saturated carbocycles. The van der Waals surface area contributed by atoms with Gasteiger partial charge in [0.1, 0.15) is 5.75 Å². The highest BCUT2D eigenvalue weighted by Crippen LogP contribution is 2.42. The van der Waals surface area contributed by atoms with Crippen molar-refractivity contribution in [3.05, 3.63) is 64.7 Å². The van der Waals surface area contributed by atoms with Crippen molar-refractivity contribution in [1.29, 1.82) is 0 Å². The summed E-state index contributed by atoms with van der Waals surface area (Å²) in [6.45, 7) is 9.34. The van der Waals surface area contributed by atoms with Crippen LogP contribution in [0.4, 0.5) is 13.2 Å². The molecule has 0 amide bonds. The van der Waals surface area contributed by atoms with Gasteiger partial charge in [0.25, 0.3) is 0 Å². The lowest BCUT2D eigenvalue weighted by Gasteiger charge is -2.31. The fourth-order valence-corrected chi connectivity index (χ4v) is 3.48. The van der Waals surface area contributed by atoms with Crippen LogP contribution in [0.5, 0.6) is 5.75 Å². The van der Waals surface area contributed by atoms with Crippen molar-refractivity contribution in [3.8, 4) is 5.75 Å². The minimum atomic E-state index is -4.39. The third-order valence-electron chi connectivity index (χ3n) is 4.71. The molecule has 2 aromatic carbocycles. The van der Waals surface area contributed by atoms with Crippen LogP contribution in [0.3, 0.4) is 0 Å². The summed E-state index contributed by atoms with van der Waals surface area (Å²) >= 11 is 0. The Morgan fingerprint density at radius 3 is 1.92 bits per heavy atom. The second-order valence-corrected chi connectivity index (χ2v) is 8.35. The van der Waals surface area contributed by atoms with E-state index in [0.717, 1.165) is 5.56 Å². The third kappa shape index (κ3) is 4.22. The maximum absolute atomic E-state index is 13.9. The lowest BCUT2D eigenvalue weighted by Crippen LogP contribution is -2.26. The molecule has 2 aromatic rings. The highest BCUT2D eigenvalue weighted by molar-refractivity contribution is 5.45. The van der Waals surface area contributed by atoms with Crippen LogP contribution in [0, 0.1) is 0 Å². The Morgan fingerprint density at radius 2 is 1.38 bits per heavy atom. The fourth-order valence-electron chi connectivity index (χ4n) is 3.48. The maximum atomic E-state index is 13.9. The number of para-hydroxylation sites is 1. The summed E-state index contributed by atoms with van der Waals surface area (Å²) in [7, 11) is 1.58. The zero-order valence-electron chi connectivity index (χ0n) is 16.3. The Hall–Kier alpha value is -1.97. The molecule has 0 aliphatic rings. The van der Waals surface area contributed by atoms with Gasteiger partial charge in [-0.05, 0) is 34.4 Å². The van der Waals surface area contributed by atoms with Crippen LogP contribution in [0.15, 0.2) is 42.5 Å². The Kier molecular flexibility index (Phi) is 5.46. The van der Waals surface area contributed by atoms with Crippen LogP contribution in [0.25, 0.3) is 0 Å². The molecule has 26 heavy (non-hydrogen) atoms. The highest BCUT2D eigenvalue weighted by Gasteiger charge is 2.40. The Morgan fingerprint density at radius 1 is 0.808 bits per heavy atom. The Balaban J connectivity index is 2.59. The number of benzene rings is 2. The zero-order chi connectivity index (χ0) is 19.8. The molecule has 0 aliphatic heterocycles. The van der Waals surface area contributed by atoms with Crippen molar-refractivity contribution in [2.24, 2.45) is 0 Å². The Bertz CT molecular complexity index is 768. The topological polar surface area (TPSA) is 9.23 Å². The van der Waals surface area contributed by atoms with E-state index < -0.39 is 22.6 Å². The quantitative estimate of drug-likeness (QED) is 0.599. The van der Waals surface area contributed by atoms with Gasteiger partial charge in [0.2, 0.25) is 0 Å². The van der Waals surface area contributed by atoms with Gasteiger partial charge in [0.15, 0.2) is 0 Å². The number of hydrogen-bond acceptors (Lipinski definition) is 1. The number of alkyl halides is 3. The summed E-state index contributed by atoms with van der Waals surface area (Å²) in [5.41, 5.74) is -0.0510. The van der Waals surface area contributed by atoms with Gasteiger partial charge in [-0.15, -0.1) is 0 Å². The van der Waals surface area contributed by atoms with E-state index >= 15 is 0 Å². The summed E-state index contributed by atoms with van der Waals surface area (Å²) < 4.78 is 47.2. The third-order valence-corrected chi connectivity index (χ3v) is 4.71. The predicted molar refractivity (Wildman–Crippen MR) is 99.9 cm³/mol. The number of rotatable bonds is 4. The molecular weight excluding hydrogens is 337 g/mol. The first-order chi connectivity index (χ1) is 11.9. The van der Waals surface area contributed by atoms with Gasteiger partial charge in [0, 0.05) is 5.56 Å². The number of halogens is 3. The highest BCUT2D eigenvalue weighted by atomic mass is 19.4. The molecular formula is C22H27F3O. The normalized spacial score (nSPS) is 13.0. The van der Waals surface area contributed by atoms with E-state index in [2.05, 4.69) is 0 Å². The first-order valence-corrected chi connectivity index (χ1v) is 8.71. The molecule has 0 N–H and O–H groups in total. The monoisotopic (exact) mass is 364 g/mol. The van der Waals surface area contributed by atoms with E-state index in [1.54, 1.807) is 25.3 Å². The van der Waals surface area contributed by atoms with E-state index in [4.69, 9.17) is 4.74 Å². The average molecular weight is 364 g/mol. The summed E-state index contributed by atoms with van der Waals surface area (Å²) in [6, 6.07) is 12.4. The van der Waals surface area contributed by atoms with Crippen molar-refractivity contribution >= 4 is 0 Å². The first-order valence-electron chi connectivity index (χ1n) is 8.71. The average Bonchev–Trinajstić information content (AvgIpc) is 2.52. The second kappa shape index (κ2) is 6.98. The van der Waals surface area contributed by atoms with Gasteiger partial charge in [-0.25, -0.2) is 0 Å². The van der Waals surface area contributed by atoms with Crippen LogP contribution >= 0.6 is 0 Å². The van der Waals surface area contributed by atoms with Gasteiger partial charge >= 0.3 is 6.18 Å². The smallest absolute Gasteiger partial charge is 0.416 e. The van der Waals surface area contributed by atoms with Crippen molar-refractivity contribution in [2.45, 2.75) is 58.0 Å². The molecule has 0 unspecified atom stereocenters. The molecule has 0 aromatic heterocycles. The van der Waals surface area contributed by atoms with E-state index in [1.165, 1.54) is 0 Å². The molecule has 0 bridgehead atoms. The van der Waals surface area contributed by atoms with Crippen LogP contribution in [-0.4, -0.2) is 7.11 Å². The molecule has 4 heteroatoms. The van der Waals surface area contributed by atoms with Gasteiger partial charge in [-0.2, -0.15) is 13.2 Å². The van der Waals surface area contributed by atoms with E-state index in [-0.39, 0.29) is 6.42 Å². The molecule has 0 radical (unpaired) electrons. The molecule has 1 nitrogen and oxygen atoms in total. The summed E-state index contributed by atoms with van der Waals surface area (Å²) in [6.07, 6.45) is -4.12. The predicted octanol–water partition coefficient (Wildman–Crippen LogP) is 6.53. The largest absolute Gasteiger partial charge is 0.496 e. The standard InChI is InChI=1S/C22H27F3O/c1-20(2,3)17-12-9-10-15(19(17)22(23,24)25)14-21(4,5)16-11-7-8-13-18(16)26-6/h7-13H,14H2,1-6H3. The van der Waals surface area contributed by atoms with Gasteiger partial charge in [-0.3, -0.25) is 0 Å². The molecule has 142 valence electrons. The molecule has 0 fully saturated rings. The number of methoxy groups -OCH3 is 1. The lowest BCUT2D eigenvalue weighted by molar-refractivity contribution is -0.139. The summed E-state index contributed by atoms with van der Waals surface area (Å²) in [5, 5.41) is 0. The summed E-state index contributed by atoms with van der Waals surface area (Å²) in [5.74, 6) is 0.693. The van der Waals surface area contributed by atoms with Crippen LogP contribution in [-0.2, 0) is 23.4 Å². The SMILES string of the molecule is COc1ccccc1C(C)(C)Cc1cccc(C(C)(C)C)c1C(F)(F)F. The van der Waals surface area contributed by atoms with Gasteiger partial charge < -0.3 is 4.74 Å². The Labute approximate surface area is 154 Å². The van der Waals surface area contributed by atoms with Crippen LogP contribution in [0.1, 0.15) is 56.9 Å². The van der Waals surface area contributed by atoms with Gasteiger partial charge in [-0.1, -0.05) is 71.0 Å². The van der Waals surface area contributed by atoms with Gasteiger partial charge in [0.05, 0.1) is 12.7 Å². The lowest BCUT2D eigenvalue weighted by atomic mass is 9.75. The molecule has 0 saturated heterocycles. The number of hydrogen-bond donors (Lipinski definition) is 0. The second-order valence-electron chi connectivity index (χ2n) is 8.35. The summed E-state index contributed by atoms with van der Waals surface area (Å²) in [4.78, 5) is 0. The van der Waals surface area contributed by atoms with E-state index in [1.807, 2.05) is 58.9 Å². The van der Waals surface area contributed by atoms with Crippen LogP contribution < -0.4 is 4.74 Å². The maximum Gasteiger partial charge on any atom is 0.416 e. The first kappa shape index (κ1) is 20.3. The minimum absolute atomic E-state index is 0.270. The fraction of sp³-hybridized carbons (Fsp3) is 0.455. The molecule has 0 atom stereocenters. The van der Waals surface area contributed by atoms with Crippen molar-refractivity contribution in [2.75, 3.05) is 7.11 Å². The molecule has 2 rings (SSSR count).